The fraction of sp³-hybridized carbons (Fsp3) is 0.444. The Labute approximate surface area is 144 Å². The number of rotatable bonds is 4. The molecule has 0 saturated heterocycles. The number of amides is 1. The summed E-state index contributed by atoms with van der Waals surface area (Å²) in [6.45, 7) is 0. The van der Waals surface area contributed by atoms with Gasteiger partial charge in [-0.1, -0.05) is 31.0 Å². The highest BCUT2D eigenvalue weighted by molar-refractivity contribution is 5.78. The highest BCUT2D eigenvalue weighted by Gasteiger charge is 2.45. The van der Waals surface area contributed by atoms with Crippen LogP contribution in [-0.4, -0.2) is 27.9 Å². The lowest BCUT2D eigenvalue weighted by atomic mass is 9.84. The third-order valence-electron chi connectivity index (χ3n) is 4.55. The van der Waals surface area contributed by atoms with Gasteiger partial charge < -0.3 is 5.32 Å². The first-order chi connectivity index (χ1) is 11.9. The van der Waals surface area contributed by atoms with Gasteiger partial charge in [0.2, 0.25) is 5.91 Å². The Balaban J connectivity index is 1.62. The SMILES string of the molecule is O=C(Cc1cnn(-c2ccccc2)c1)N[C@H]1CCCC[C@H]1C(F)(F)F. The van der Waals surface area contributed by atoms with Gasteiger partial charge in [-0.2, -0.15) is 18.3 Å². The molecule has 7 heteroatoms. The quantitative estimate of drug-likeness (QED) is 0.914. The summed E-state index contributed by atoms with van der Waals surface area (Å²) < 4.78 is 40.9. The van der Waals surface area contributed by atoms with E-state index in [-0.39, 0.29) is 12.8 Å². The van der Waals surface area contributed by atoms with E-state index in [0.29, 0.717) is 24.8 Å². The highest BCUT2D eigenvalue weighted by atomic mass is 19.4. The van der Waals surface area contributed by atoms with Crippen LogP contribution in [-0.2, 0) is 11.2 Å². The predicted molar refractivity (Wildman–Crippen MR) is 87.2 cm³/mol. The van der Waals surface area contributed by atoms with Crippen LogP contribution in [0.25, 0.3) is 5.69 Å². The van der Waals surface area contributed by atoms with Gasteiger partial charge in [0, 0.05) is 12.2 Å². The van der Waals surface area contributed by atoms with E-state index in [2.05, 4.69) is 10.4 Å². The number of aromatic nitrogens is 2. The summed E-state index contributed by atoms with van der Waals surface area (Å²) in [5.74, 6) is -1.84. The zero-order valence-corrected chi connectivity index (χ0v) is 13.7. The van der Waals surface area contributed by atoms with Gasteiger partial charge in [0.05, 0.1) is 24.2 Å². The van der Waals surface area contributed by atoms with Crippen LogP contribution in [0.2, 0.25) is 0 Å². The van der Waals surface area contributed by atoms with Crippen LogP contribution in [0.5, 0.6) is 0 Å². The molecule has 0 spiro atoms. The third kappa shape index (κ3) is 4.41. The molecule has 25 heavy (non-hydrogen) atoms. The van der Waals surface area contributed by atoms with E-state index < -0.39 is 24.0 Å². The maximum Gasteiger partial charge on any atom is 0.393 e. The molecule has 134 valence electrons. The Kier molecular flexibility index (Phi) is 5.11. The second kappa shape index (κ2) is 7.29. The topological polar surface area (TPSA) is 46.9 Å². The smallest absolute Gasteiger partial charge is 0.352 e. The standard InChI is InChI=1S/C18H20F3N3O/c19-18(20,21)15-8-4-5-9-16(15)23-17(25)10-13-11-22-24(12-13)14-6-2-1-3-7-14/h1-3,6-7,11-12,15-16H,4-5,8-10H2,(H,23,25)/t15-,16+/m1/s1. The lowest BCUT2D eigenvalue weighted by Crippen LogP contribution is -2.48. The zero-order valence-electron chi connectivity index (χ0n) is 13.7. The van der Waals surface area contributed by atoms with Crippen LogP contribution in [0.3, 0.4) is 0 Å². The third-order valence-corrected chi connectivity index (χ3v) is 4.55. The highest BCUT2D eigenvalue weighted by Crippen LogP contribution is 2.37. The molecule has 1 aliphatic rings. The Morgan fingerprint density at radius 3 is 2.64 bits per heavy atom. The van der Waals surface area contributed by atoms with Crippen LogP contribution in [0, 0.1) is 5.92 Å². The lowest BCUT2D eigenvalue weighted by molar-refractivity contribution is -0.189. The molecule has 2 aromatic rings. The molecule has 1 aromatic heterocycles. The van der Waals surface area contributed by atoms with E-state index >= 15 is 0 Å². The van der Waals surface area contributed by atoms with Crippen molar-refractivity contribution in [1.29, 1.82) is 0 Å². The van der Waals surface area contributed by atoms with Gasteiger partial charge in [0.1, 0.15) is 0 Å². The first kappa shape index (κ1) is 17.5. The second-order valence-corrected chi connectivity index (χ2v) is 6.41. The Morgan fingerprint density at radius 2 is 1.92 bits per heavy atom. The van der Waals surface area contributed by atoms with Gasteiger partial charge in [-0.05, 0) is 30.5 Å². The van der Waals surface area contributed by atoms with Crippen molar-refractivity contribution in [2.45, 2.75) is 44.3 Å². The number of nitrogens with zero attached hydrogens (tertiary/aromatic N) is 2. The molecule has 1 amide bonds. The van der Waals surface area contributed by atoms with Crippen LogP contribution in [0.1, 0.15) is 31.2 Å². The van der Waals surface area contributed by atoms with Gasteiger partial charge in [-0.25, -0.2) is 4.68 Å². The molecule has 1 aromatic carbocycles. The van der Waals surface area contributed by atoms with E-state index in [1.54, 1.807) is 17.1 Å². The number of hydrogen-bond acceptors (Lipinski definition) is 2. The van der Waals surface area contributed by atoms with Crippen LogP contribution < -0.4 is 5.32 Å². The molecule has 2 atom stereocenters. The molecule has 0 bridgehead atoms. The monoisotopic (exact) mass is 351 g/mol. The summed E-state index contributed by atoms with van der Waals surface area (Å²) in [5, 5.41) is 6.77. The van der Waals surface area contributed by atoms with Gasteiger partial charge in [0.25, 0.3) is 0 Å². The number of carbonyl (C=O) groups excluding carboxylic acids is 1. The normalized spacial score (nSPS) is 21.1. The average Bonchev–Trinajstić information content (AvgIpc) is 3.03. The molecular formula is C18H20F3N3O. The van der Waals surface area contributed by atoms with E-state index in [0.717, 1.165) is 5.69 Å². The number of hydrogen-bond donors (Lipinski definition) is 1. The largest absolute Gasteiger partial charge is 0.393 e. The maximum atomic E-state index is 13.1. The number of nitrogens with one attached hydrogen (secondary N) is 1. The summed E-state index contributed by atoms with van der Waals surface area (Å²) in [4.78, 5) is 12.2. The summed E-state index contributed by atoms with van der Waals surface area (Å²) in [5.41, 5.74) is 1.53. The minimum absolute atomic E-state index is 0.0217. The van der Waals surface area contributed by atoms with E-state index in [1.165, 1.54) is 0 Å². The number of carbonyl (C=O) groups is 1. The number of para-hydroxylation sites is 1. The number of halogens is 3. The predicted octanol–water partition coefficient (Wildman–Crippen LogP) is 3.65. The fourth-order valence-corrected chi connectivity index (χ4v) is 3.31. The summed E-state index contributed by atoms with van der Waals surface area (Å²) >= 11 is 0. The molecule has 0 radical (unpaired) electrons. The maximum absolute atomic E-state index is 13.1. The minimum Gasteiger partial charge on any atom is -0.352 e. The molecule has 4 nitrogen and oxygen atoms in total. The summed E-state index contributed by atoms with van der Waals surface area (Å²) in [6, 6.07) is 8.58. The van der Waals surface area contributed by atoms with Crippen LogP contribution in [0.15, 0.2) is 42.7 Å². The van der Waals surface area contributed by atoms with Crippen molar-refractivity contribution in [2.75, 3.05) is 0 Å². The van der Waals surface area contributed by atoms with E-state index in [4.69, 9.17) is 0 Å². The number of benzene rings is 1. The van der Waals surface area contributed by atoms with Crippen LogP contribution in [0.4, 0.5) is 13.2 Å². The molecule has 1 fully saturated rings. The molecule has 1 N–H and O–H groups in total. The van der Waals surface area contributed by atoms with Crippen molar-refractivity contribution in [3.05, 3.63) is 48.3 Å². The molecule has 0 aliphatic heterocycles. The molecule has 1 aliphatic carbocycles. The molecule has 0 unspecified atom stereocenters. The first-order valence-electron chi connectivity index (χ1n) is 8.38. The van der Waals surface area contributed by atoms with Gasteiger partial charge in [-0.3, -0.25) is 4.79 Å². The van der Waals surface area contributed by atoms with Crippen molar-refractivity contribution in [2.24, 2.45) is 5.92 Å². The summed E-state index contributed by atoms with van der Waals surface area (Å²) in [7, 11) is 0. The van der Waals surface area contributed by atoms with E-state index in [9.17, 15) is 18.0 Å². The second-order valence-electron chi connectivity index (χ2n) is 6.41. The molecule has 1 heterocycles. The first-order valence-corrected chi connectivity index (χ1v) is 8.38. The Hall–Kier alpha value is -2.31. The van der Waals surface area contributed by atoms with Crippen molar-refractivity contribution in [1.82, 2.24) is 15.1 Å². The van der Waals surface area contributed by atoms with Crippen molar-refractivity contribution < 1.29 is 18.0 Å². The molecule has 1 saturated carbocycles. The van der Waals surface area contributed by atoms with Gasteiger partial charge >= 0.3 is 6.18 Å². The van der Waals surface area contributed by atoms with Crippen molar-refractivity contribution >= 4 is 5.91 Å². The Bertz CT molecular complexity index is 712. The van der Waals surface area contributed by atoms with E-state index in [1.807, 2.05) is 30.3 Å². The zero-order chi connectivity index (χ0) is 17.9. The van der Waals surface area contributed by atoms with Crippen LogP contribution >= 0.6 is 0 Å². The van der Waals surface area contributed by atoms with Crippen molar-refractivity contribution in [3.8, 4) is 5.69 Å². The van der Waals surface area contributed by atoms with Crippen molar-refractivity contribution in [3.63, 3.8) is 0 Å². The summed E-state index contributed by atoms with van der Waals surface area (Å²) in [6.07, 6.45) is 0.764. The minimum atomic E-state index is -4.27. The number of alkyl halides is 3. The van der Waals surface area contributed by atoms with Gasteiger partial charge in [0.15, 0.2) is 0 Å². The molecular weight excluding hydrogens is 331 g/mol. The molecule has 3 rings (SSSR count). The average molecular weight is 351 g/mol. The van der Waals surface area contributed by atoms with Gasteiger partial charge in [-0.15, -0.1) is 0 Å². The Morgan fingerprint density at radius 1 is 1.20 bits per heavy atom. The lowest BCUT2D eigenvalue weighted by Gasteiger charge is -2.33. The fourth-order valence-electron chi connectivity index (χ4n) is 3.31.